The van der Waals surface area contributed by atoms with Gasteiger partial charge in [-0.15, -0.1) is 0 Å². The van der Waals surface area contributed by atoms with E-state index in [2.05, 4.69) is 106 Å². The van der Waals surface area contributed by atoms with Gasteiger partial charge in [0.2, 0.25) is 0 Å². The molecule has 0 bridgehead atoms. The van der Waals surface area contributed by atoms with Crippen molar-refractivity contribution in [2.75, 3.05) is 0 Å². The fourth-order valence-corrected chi connectivity index (χ4v) is 4.46. The molecular weight excluding hydrogens is 348 g/mol. The molecule has 29 heavy (non-hydrogen) atoms. The first kappa shape index (κ1) is 19.5. The van der Waals surface area contributed by atoms with Gasteiger partial charge in [0.05, 0.1) is 0 Å². The van der Waals surface area contributed by atoms with E-state index in [4.69, 9.17) is 0 Å². The molecule has 1 atom stereocenters. The molecule has 1 aliphatic carbocycles. The summed E-state index contributed by atoms with van der Waals surface area (Å²) in [7, 11) is 0. The third-order valence-corrected chi connectivity index (χ3v) is 6.12. The summed E-state index contributed by atoms with van der Waals surface area (Å²) in [6.07, 6.45) is 8.09. The Hall–Kier alpha value is -2.86. The van der Waals surface area contributed by atoms with Crippen LogP contribution >= 0.6 is 0 Å². The normalized spacial score (nSPS) is 16.3. The Bertz CT molecular complexity index is 1050. The minimum atomic E-state index is 0.576. The lowest BCUT2D eigenvalue weighted by atomic mass is 9.82. The molecule has 0 saturated heterocycles. The van der Waals surface area contributed by atoms with Gasteiger partial charge in [-0.05, 0) is 72.4 Å². The zero-order valence-electron chi connectivity index (χ0n) is 17.8. The Morgan fingerprint density at radius 1 is 0.759 bits per heavy atom. The van der Waals surface area contributed by atoms with Gasteiger partial charge >= 0.3 is 0 Å². The van der Waals surface area contributed by atoms with Crippen molar-refractivity contribution in [1.29, 1.82) is 0 Å². The molecule has 0 heterocycles. The van der Waals surface area contributed by atoms with Gasteiger partial charge in [0.25, 0.3) is 0 Å². The van der Waals surface area contributed by atoms with Crippen molar-refractivity contribution in [3.63, 3.8) is 0 Å². The number of aryl methyl sites for hydroxylation is 3. The lowest BCUT2D eigenvalue weighted by Crippen LogP contribution is -2.06. The van der Waals surface area contributed by atoms with Crippen molar-refractivity contribution in [3.05, 3.63) is 113 Å². The van der Waals surface area contributed by atoms with Crippen LogP contribution in [-0.4, -0.2) is 0 Å². The van der Waals surface area contributed by atoms with Gasteiger partial charge in [0.15, 0.2) is 0 Å². The highest BCUT2D eigenvalue weighted by Crippen LogP contribution is 2.35. The summed E-state index contributed by atoms with van der Waals surface area (Å²) >= 11 is 0. The first-order valence-electron chi connectivity index (χ1n) is 10.7. The van der Waals surface area contributed by atoms with Crippen LogP contribution in [0.25, 0.3) is 16.7 Å². The Labute approximate surface area is 175 Å². The molecular formula is C29H30. The van der Waals surface area contributed by atoms with E-state index in [9.17, 15) is 0 Å². The van der Waals surface area contributed by atoms with Gasteiger partial charge in [-0.2, -0.15) is 0 Å². The standard InChI is InChI=1S/C29H30/c1-21-13-14-22(2)29(19-21)28-12-8-7-11-26(28)17-15-24-16-18-27(23(3)20-24)25-9-5-4-6-10-25/h4-14,16,18-19,23H,15,17,20H2,1-3H3. The molecule has 0 fully saturated rings. The maximum absolute atomic E-state index is 2.36. The van der Waals surface area contributed by atoms with Crippen molar-refractivity contribution in [1.82, 2.24) is 0 Å². The van der Waals surface area contributed by atoms with Crippen LogP contribution < -0.4 is 0 Å². The lowest BCUT2D eigenvalue weighted by Gasteiger charge is -2.22. The molecule has 146 valence electrons. The molecule has 0 radical (unpaired) electrons. The van der Waals surface area contributed by atoms with E-state index in [-0.39, 0.29) is 0 Å². The Kier molecular flexibility index (Phi) is 5.81. The van der Waals surface area contributed by atoms with Gasteiger partial charge in [0.1, 0.15) is 0 Å². The number of hydrogen-bond acceptors (Lipinski definition) is 0. The molecule has 3 aromatic rings. The monoisotopic (exact) mass is 378 g/mol. The van der Waals surface area contributed by atoms with Crippen molar-refractivity contribution in [3.8, 4) is 11.1 Å². The van der Waals surface area contributed by atoms with Gasteiger partial charge in [0, 0.05) is 0 Å². The SMILES string of the molecule is Cc1ccc(C)c(-c2ccccc2CCC2=CC=C(c3ccccc3)C(C)C2)c1. The largest absolute Gasteiger partial charge is 0.0693 e. The first-order valence-corrected chi connectivity index (χ1v) is 10.7. The zero-order chi connectivity index (χ0) is 20.2. The summed E-state index contributed by atoms with van der Waals surface area (Å²) in [4.78, 5) is 0. The molecule has 4 rings (SSSR count). The predicted octanol–water partition coefficient (Wildman–Crippen LogP) is 7.95. The highest BCUT2D eigenvalue weighted by atomic mass is 14.2. The average Bonchev–Trinajstić information content (AvgIpc) is 2.75. The van der Waals surface area contributed by atoms with Crippen LogP contribution in [0, 0.1) is 19.8 Å². The topological polar surface area (TPSA) is 0 Å². The van der Waals surface area contributed by atoms with Gasteiger partial charge in [-0.3, -0.25) is 0 Å². The van der Waals surface area contributed by atoms with Crippen molar-refractivity contribution in [2.45, 2.75) is 40.0 Å². The molecule has 0 N–H and O–H groups in total. The van der Waals surface area contributed by atoms with Crippen molar-refractivity contribution >= 4 is 5.57 Å². The molecule has 0 spiro atoms. The quantitative estimate of drug-likeness (QED) is 0.422. The van der Waals surface area contributed by atoms with E-state index in [1.54, 1.807) is 5.57 Å². The number of hydrogen-bond donors (Lipinski definition) is 0. The minimum absolute atomic E-state index is 0.576. The van der Waals surface area contributed by atoms with E-state index in [0.717, 1.165) is 19.3 Å². The van der Waals surface area contributed by atoms with Gasteiger partial charge in [-0.25, -0.2) is 0 Å². The number of benzene rings is 3. The van der Waals surface area contributed by atoms with Crippen LogP contribution in [0.5, 0.6) is 0 Å². The Morgan fingerprint density at radius 3 is 2.31 bits per heavy atom. The molecule has 0 aromatic heterocycles. The van der Waals surface area contributed by atoms with Gasteiger partial charge in [-0.1, -0.05) is 103 Å². The predicted molar refractivity (Wildman–Crippen MR) is 126 cm³/mol. The van der Waals surface area contributed by atoms with E-state index in [0.29, 0.717) is 5.92 Å². The van der Waals surface area contributed by atoms with Crippen LogP contribution in [0.3, 0.4) is 0 Å². The number of allylic oxidation sites excluding steroid dienone is 4. The molecule has 3 aromatic carbocycles. The molecule has 0 nitrogen and oxygen atoms in total. The summed E-state index contributed by atoms with van der Waals surface area (Å²) < 4.78 is 0. The first-order chi connectivity index (χ1) is 14.1. The highest BCUT2D eigenvalue weighted by Gasteiger charge is 2.17. The van der Waals surface area contributed by atoms with E-state index in [1.165, 1.54) is 39.0 Å². The summed E-state index contributed by atoms with van der Waals surface area (Å²) in [5, 5.41) is 0. The average molecular weight is 379 g/mol. The summed E-state index contributed by atoms with van der Waals surface area (Å²) in [5.74, 6) is 0.576. The number of rotatable bonds is 5. The molecule has 0 aliphatic heterocycles. The maximum atomic E-state index is 2.36. The van der Waals surface area contributed by atoms with E-state index in [1.807, 2.05) is 0 Å². The van der Waals surface area contributed by atoms with E-state index < -0.39 is 0 Å². The third kappa shape index (κ3) is 4.43. The highest BCUT2D eigenvalue weighted by molar-refractivity contribution is 5.72. The summed E-state index contributed by atoms with van der Waals surface area (Å²) in [6.45, 7) is 6.75. The Balaban J connectivity index is 1.54. The van der Waals surface area contributed by atoms with Gasteiger partial charge < -0.3 is 0 Å². The van der Waals surface area contributed by atoms with Crippen LogP contribution in [0.4, 0.5) is 0 Å². The molecule has 0 saturated carbocycles. The van der Waals surface area contributed by atoms with Crippen LogP contribution in [0.15, 0.2) is 90.5 Å². The smallest absolute Gasteiger partial charge is 0.0147 e. The molecule has 0 amide bonds. The van der Waals surface area contributed by atoms with Crippen LogP contribution in [0.1, 0.15) is 42.0 Å². The van der Waals surface area contributed by atoms with Crippen molar-refractivity contribution in [2.24, 2.45) is 5.92 Å². The maximum Gasteiger partial charge on any atom is -0.0147 e. The van der Waals surface area contributed by atoms with E-state index >= 15 is 0 Å². The second kappa shape index (κ2) is 8.66. The Morgan fingerprint density at radius 2 is 1.52 bits per heavy atom. The van der Waals surface area contributed by atoms with Crippen molar-refractivity contribution < 1.29 is 0 Å². The zero-order valence-corrected chi connectivity index (χ0v) is 17.8. The lowest BCUT2D eigenvalue weighted by molar-refractivity contribution is 0.695. The van der Waals surface area contributed by atoms with Crippen LogP contribution in [-0.2, 0) is 6.42 Å². The van der Waals surface area contributed by atoms with Crippen LogP contribution in [0.2, 0.25) is 0 Å². The second-order valence-electron chi connectivity index (χ2n) is 8.39. The minimum Gasteiger partial charge on any atom is -0.0693 e. The molecule has 1 aliphatic rings. The third-order valence-electron chi connectivity index (χ3n) is 6.12. The fraction of sp³-hybridized carbons (Fsp3) is 0.241. The second-order valence-corrected chi connectivity index (χ2v) is 8.39. The summed E-state index contributed by atoms with van der Waals surface area (Å²) in [5.41, 5.74) is 11.3. The fourth-order valence-electron chi connectivity index (χ4n) is 4.46. The summed E-state index contributed by atoms with van der Waals surface area (Å²) in [6, 6.07) is 26.5. The molecule has 0 heteroatoms. The molecule has 1 unspecified atom stereocenters.